The molecular formula is C14H22N4O. The van der Waals surface area contributed by atoms with Crippen molar-refractivity contribution in [3.8, 4) is 0 Å². The van der Waals surface area contributed by atoms with Crippen molar-refractivity contribution < 1.29 is 4.79 Å². The Morgan fingerprint density at radius 2 is 2.11 bits per heavy atom. The molecule has 0 aromatic carbocycles. The molecule has 0 saturated heterocycles. The van der Waals surface area contributed by atoms with Gasteiger partial charge in [-0.3, -0.25) is 9.88 Å². The second-order valence-electron chi connectivity index (χ2n) is 5.16. The van der Waals surface area contributed by atoms with E-state index < -0.39 is 0 Å². The number of nitrogens with one attached hydrogen (secondary N) is 2. The van der Waals surface area contributed by atoms with E-state index in [9.17, 15) is 4.79 Å². The molecule has 1 heterocycles. The Morgan fingerprint density at radius 1 is 1.42 bits per heavy atom. The van der Waals surface area contributed by atoms with E-state index in [1.807, 2.05) is 12.1 Å². The predicted molar refractivity (Wildman–Crippen MR) is 74.7 cm³/mol. The largest absolute Gasteiger partial charge is 0.337 e. The first-order chi connectivity index (χ1) is 9.16. The van der Waals surface area contributed by atoms with Crippen LogP contribution in [0.2, 0.25) is 0 Å². The predicted octanol–water partition coefficient (Wildman–Crippen LogP) is 1.36. The number of nitrogens with zero attached hydrogens (tertiary/aromatic N) is 2. The van der Waals surface area contributed by atoms with Crippen LogP contribution in [0, 0.1) is 0 Å². The van der Waals surface area contributed by atoms with Crippen molar-refractivity contribution >= 4 is 6.03 Å². The minimum atomic E-state index is -0.118. The first-order valence-corrected chi connectivity index (χ1v) is 6.79. The van der Waals surface area contributed by atoms with Crippen LogP contribution >= 0.6 is 0 Å². The number of rotatable bonds is 6. The zero-order valence-corrected chi connectivity index (χ0v) is 11.6. The first-order valence-electron chi connectivity index (χ1n) is 6.79. The van der Waals surface area contributed by atoms with Crippen LogP contribution in [0.5, 0.6) is 0 Å². The molecule has 1 saturated carbocycles. The normalized spacial score (nSPS) is 16.2. The Morgan fingerprint density at radius 3 is 2.74 bits per heavy atom. The molecule has 1 atom stereocenters. The number of hydrogen-bond donors (Lipinski definition) is 2. The van der Waals surface area contributed by atoms with Gasteiger partial charge in [-0.2, -0.15) is 0 Å². The smallest absolute Gasteiger partial charge is 0.315 e. The number of aromatic nitrogens is 1. The van der Waals surface area contributed by atoms with Gasteiger partial charge in [-0.1, -0.05) is 0 Å². The molecule has 5 heteroatoms. The van der Waals surface area contributed by atoms with Crippen LogP contribution in [0.3, 0.4) is 0 Å². The Labute approximate surface area is 114 Å². The van der Waals surface area contributed by atoms with Crippen molar-refractivity contribution in [2.75, 3.05) is 13.6 Å². The quantitative estimate of drug-likeness (QED) is 0.814. The zero-order valence-electron chi connectivity index (χ0n) is 11.6. The lowest BCUT2D eigenvalue weighted by Crippen LogP contribution is -2.44. The number of amides is 2. The van der Waals surface area contributed by atoms with E-state index in [1.165, 1.54) is 12.8 Å². The summed E-state index contributed by atoms with van der Waals surface area (Å²) in [7, 11) is 2.12. The monoisotopic (exact) mass is 262 g/mol. The number of pyridine rings is 1. The SMILES string of the molecule is C[C@@H](CNC(=O)NCc1ccncc1)N(C)C1CC1. The van der Waals surface area contributed by atoms with Gasteiger partial charge < -0.3 is 10.6 Å². The van der Waals surface area contributed by atoms with Gasteiger partial charge in [0.15, 0.2) is 0 Å². The fourth-order valence-corrected chi connectivity index (χ4v) is 1.97. The maximum atomic E-state index is 11.7. The van der Waals surface area contributed by atoms with E-state index in [-0.39, 0.29) is 6.03 Å². The van der Waals surface area contributed by atoms with Gasteiger partial charge >= 0.3 is 6.03 Å². The highest BCUT2D eigenvalue weighted by Crippen LogP contribution is 2.26. The van der Waals surface area contributed by atoms with Crippen molar-refractivity contribution in [3.63, 3.8) is 0 Å². The summed E-state index contributed by atoms with van der Waals surface area (Å²) in [5, 5.41) is 5.75. The van der Waals surface area contributed by atoms with E-state index in [2.05, 4.69) is 34.5 Å². The maximum absolute atomic E-state index is 11.7. The topological polar surface area (TPSA) is 57.3 Å². The van der Waals surface area contributed by atoms with Gasteiger partial charge in [-0.25, -0.2) is 4.79 Å². The molecule has 5 nitrogen and oxygen atoms in total. The van der Waals surface area contributed by atoms with Gasteiger partial charge in [0, 0.05) is 37.6 Å². The number of carbonyl (C=O) groups is 1. The zero-order chi connectivity index (χ0) is 13.7. The lowest BCUT2D eigenvalue weighted by Gasteiger charge is -2.24. The number of carbonyl (C=O) groups excluding carboxylic acids is 1. The molecule has 1 fully saturated rings. The van der Waals surface area contributed by atoms with Crippen LogP contribution in [-0.2, 0) is 6.54 Å². The van der Waals surface area contributed by atoms with Crippen molar-refractivity contribution in [2.45, 2.75) is 38.4 Å². The molecule has 2 N–H and O–H groups in total. The number of likely N-dealkylation sites (N-methyl/N-ethyl adjacent to an activating group) is 1. The molecule has 1 aromatic rings. The summed E-state index contributed by atoms with van der Waals surface area (Å²) >= 11 is 0. The Bertz CT molecular complexity index is 405. The van der Waals surface area contributed by atoms with Gasteiger partial charge in [0.25, 0.3) is 0 Å². The second-order valence-corrected chi connectivity index (χ2v) is 5.16. The van der Waals surface area contributed by atoms with Gasteiger partial charge in [-0.05, 0) is 44.5 Å². The lowest BCUT2D eigenvalue weighted by atomic mass is 10.3. The highest BCUT2D eigenvalue weighted by atomic mass is 16.2. The van der Waals surface area contributed by atoms with Crippen LogP contribution in [0.4, 0.5) is 4.79 Å². The van der Waals surface area contributed by atoms with Gasteiger partial charge in [0.2, 0.25) is 0 Å². The van der Waals surface area contributed by atoms with E-state index in [4.69, 9.17) is 0 Å². The summed E-state index contributed by atoms with van der Waals surface area (Å²) in [6, 6.07) is 4.76. The molecule has 0 spiro atoms. The summed E-state index contributed by atoms with van der Waals surface area (Å²) in [6.45, 7) is 3.35. The molecule has 19 heavy (non-hydrogen) atoms. The minimum Gasteiger partial charge on any atom is -0.337 e. The third-order valence-electron chi connectivity index (χ3n) is 3.58. The maximum Gasteiger partial charge on any atom is 0.315 e. The van der Waals surface area contributed by atoms with Crippen LogP contribution in [0.1, 0.15) is 25.3 Å². The molecule has 0 unspecified atom stereocenters. The van der Waals surface area contributed by atoms with Crippen LogP contribution in [0.25, 0.3) is 0 Å². The molecule has 1 aliphatic carbocycles. The molecule has 2 rings (SSSR count). The fraction of sp³-hybridized carbons (Fsp3) is 0.571. The van der Waals surface area contributed by atoms with E-state index >= 15 is 0 Å². The van der Waals surface area contributed by atoms with E-state index in [0.29, 0.717) is 19.1 Å². The summed E-state index contributed by atoms with van der Waals surface area (Å²) in [4.78, 5) is 17.9. The van der Waals surface area contributed by atoms with Crippen LogP contribution in [0.15, 0.2) is 24.5 Å². The van der Waals surface area contributed by atoms with Crippen molar-refractivity contribution in [3.05, 3.63) is 30.1 Å². The molecule has 1 aromatic heterocycles. The molecule has 0 radical (unpaired) electrons. The van der Waals surface area contributed by atoms with Crippen molar-refractivity contribution in [1.82, 2.24) is 20.5 Å². The standard InChI is InChI=1S/C14H22N4O/c1-11(18(2)13-3-4-13)9-16-14(19)17-10-12-5-7-15-8-6-12/h5-8,11,13H,3-4,9-10H2,1-2H3,(H2,16,17,19)/t11-/m0/s1. The van der Waals surface area contributed by atoms with Crippen LogP contribution in [-0.4, -0.2) is 41.6 Å². The molecule has 0 bridgehead atoms. The van der Waals surface area contributed by atoms with Crippen molar-refractivity contribution in [2.24, 2.45) is 0 Å². The Kier molecular flexibility index (Phi) is 4.74. The molecule has 0 aliphatic heterocycles. The molecule has 104 valence electrons. The summed E-state index contributed by atoms with van der Waals surface area (Å²) in [5.41, 5.74) is 1.05. The van der Waals surface area contributed by atoms with E-state index in [0.717, 1.165) is 11.6 Å². The fourth-order valence-electron chi connectivity index (χ4n) is 1.97. The van der Waals surface area contributed by atoms with Gasteiger partial charge in [0.1, 0.15) is 0 Å². The molecular weight excluding hydrogens is 240 g/mol. The summed E-state index contributed by atoms with van der Waals surface area (Å²) in [6.07, 6.45) is 6.02. The number of urea groups is 1. The first kappa shape index (κ1) is 13.8. The third-order valence-corrected chi connectivity index (χ3v) is 3.58. The highest BCUT2D eigenvalue weighted by molar-refractivity contribution is 5.73. The lowest BCUT2D eigenvalue weighted by molar-refractivity contribution is 0.222. The Balaban J connectivity index is 1.64. The van der Waals surface area contributed by atoms with E-state index in [1.54, 1.807) is 12.4 Å². The third kappa shape index (κ3) is 4.52. The van der Waals surface area contributed by atoms with Gasteiger partial charge in [0.05, 0.1) is 0 Å². The molecule has 1 aliphatic rings. The second kappa shape index (κ2) is 6.52. The Hall–Kier alpha value is -1.62. The highest BCUT2D eigenvalue weighted by Gasteiger charge is 2.28. The average Bonchev–Trinajstić information content (AvgIpc) is 3.27. The van der Waals surface area contributed by atoms with Crippen molar-refractivity contribution in [1.29, 1.82) is 0 Å². The number of hydrogen-bond acceptors (Lipinski definition) is 3. The minimum absolute atomic E-state index is 0.118. The average molecular weight is 262 g/mol. The summed E-state index contributed by atoms with van der Waals surface area (Å²) < 4.78 is 0. The molecule has 2 amide bonds. The van der Waals surface area contributed by atoms with Crippen LogP contribution < -0.4 is 10.6 Å². The van der Waals surface area contributed by atoms with Gasteiger partial charge in [-0.15, -0.1) is 0 Å². The summed E-state index contributed by atoms with van der Waals surface area (Å²) in [5.74, 6) is 0.